The molecule has 0 radical (unpaired) electrons. The van der Waals surface area contributed by atoms with E-state index in [4.69, 9.17) is 0 Å². The third-order valence-electron chi connectivity index (χ3n) is 3.40. The maximum Gasteiger partial charge on any atom is 0.0811 e. The lowest BCUT2D eigenvalue weighted by molar-refractivity contribution is -0.676. The van der Waals surface area contributed by atoms with Crippen molar-refractivity contribution in [2.45, 2.75) is 37.7 Å². The number of piperidine rings is 1. The van der Waals surface area contributed by atoms with Crippen molar-refractivity contribution < 1.29 is 10.4 Å². The molecule has 2 nitrogen and oxygen atoms in total. The van der Waals surface area contributed by atoms with Gasteiger partial charge in [-0.1, -0.05) is 12.8 Å². The number of aliphatic hydroxyl groups is 1. The summed E-state index contributed by atoms with van der Waals surface area (Å²) in [5, 5.41) is 12.5. The SMILES string of the molecule is O[C@]12CCCC[C@@H]1C[NH2+]CC2. The Hall–Kier alpha value is -0.0800. The summed E-state index contributed by atoms with van der Waals surface area (Å²) in [7, 11) is 0. The van der Waals surface area contributed by atoms with Crippen LogP contribution < -0.4 is 5.32 Å². The van der Waals surface area contributed by atoms with Gasteiger partial charge in [-0.25, -0.2) is 0 Å². The van der Waals surface area contributed by atoms with Crippen LogP contribution in [0.3, 0.4) is 0 Å². The average Bonchev–Trinajstić information content (AvgIpc) is 2.03. The standard InChI is InChI=1S/C9H17NO/c11-9-4-2-1-3-8(9)7-10-6-5-9/h8,10-11H,1-7H2/p+1/t8-,9+/m1/s1. The van der Waals surface area contributed by atoms with Gasteiger partial charge in [-0.2, -0.15) is 0 Å². The van der Waals surface area contributed by atoms with Gasteiger partial charge in [-0.05, 0) is 12.8 Å². The summed E-state index contributed by atoms with van der Waals surface area (Å²) in [6.07, 6.45) is 5.92. The van der Waals surface area contributed by atoms with E-state index < -0.39 is 0 Å². The van der Waals surface area contributed by atoms with E-state index >= 15 is 0 Å². The van der Waals surface area contributed by atoms with Gasteiger partial charge in [0.05, 0.1) is 18.7 Å². The molecule has 2 heteroatoms. The van der Waals surface area contributed by atoms with E-state index in [2.05, 4.69) is 5.32 Å². The molecule has 0 aromatic carbocycles. The van der Waals surface area contributed by atoms with E-state index in [9.17, 15) is 5.11 Å². The molecule has 0 bridgehead atoms. The average molecular weight is 156 g/mol. The minimum atomic E-state index is -0.257. The van der Waals surface area contributed by atoms with Crippen molar-refractivity contribution in [1.82, 2.24) is 0 Å². The van der Waals surface area contributed by atoms with Crippen LogP contribution in [0, 0.1) is 5.92 Å². The van der Waals surface area contributed by atoms with Gasteiger partial charge in [-0.15, -0.1) is 0 Å². The molecule has 64 valence electrons. The molecule has 2 fully saturated rings. The molecule has 0 spiro atoms. The van der Waals surface area contributed by atoms with E-state index in [1.807, 2.05) is 0 Å². The highest BCUT2D eigenvalue weighted by Gasteiger charge is 2.42. The molecule has 1 aliphatic carbocycles. The van der Waals surface area contributed by atoms with Crippen LogP contribution in [0.4, 0.5) is 0 Å². The van der Waals surface area contributed by atoms with Crippen LogP contribution in [0.15, 0.2) is 0 Å². The Morgan fingerprint density at radius 1 is 1.27 bits per heavy atom. The Labute approximate surface area is 68.0 Å². The first-order valence-corrected chi connectivity index (χ1v) is 4.85. The summed E-state index contributed by atoms with van der Waals surface area (Å²) in [6, 6.07) is 0. The molecule has 3 N–H and O–H groups in total. The zero-order chi connectivity index (χ0) is 7.73. The number of nitrogens with two attached hydrogens (primary N) is 1. The summed E-state index contributed by atoms with van der Waals surface area (Å²) < 4.78 is 0. The fourth-order valence-corrected chi connectivity index (χ4v) is 2.63. The van der Waals surface area contributed by atoms with Crippen LogP contribution in [0.25, 0.3) is 0 Å². The maximum atomic E-state index is 10.2. The Morgan fingerprint density at radius 3 is 3.00 bits per heavy atom. The lowest BCUT2D eigenvalue weighted by Gasteiger charge is -2.41. The van der Waals surface area contributed by atoms with Crippen molar-refractivity contribution in [3.05, 3.63) is 0 Å². The second-order valence-electron chi connectivity index (χ2n) is 4.11. The molecular formula is C9H18NO+. The van der Waals surface area contributed by atoms with Crippen LogP contribution in [0.5, 0.6) is 0 Å². The molecule has 1 heterocycles. The van der Waals surface area contributed by atoms with E-state index in [0.29, 0.717) is 5.92 Å². The molecule has 0 aromatic heterocycles. The van der Waals surface area contributed by atoms with Gasteiger partial charge >= 0.3 is 0 Å². The molecule has 1 saturated carbocycles. The largest absolute Gasteiger partial charge is 0.389 e. The predicted octanol–water partition coefficient (Wildman–Crippen LogP) is -0.125. The van der Waals surface area contributed by atoms with Crippen LogP contribution in [0.1, 0.15) is 32.1 Å². The molecule has 1 aliphatic heterocycles. The van der Waals surface area contributed by atoms with Crippen molar-refractivity contribution in [2.75, 3.05) is 13.1 Å². The third kappa shape index (κ3) is 1.30. The first-order valence-electron chi connectivity index (χ1n) is 4.85. The Balaban J connectivity index is 2.06. The van der Waals surface area contributed by atoms with Crippen molar-refractivity contribution in [3.63, 3.8) is 0 Å². The van der Waals surface area contributed by atoms with Gasteiger partial charge in [0.1, 0.15) is 0 Å². The zero-order valence-corrected chi connectivity index (χ0v) is 7.05. The number of quaternary nitrogens is 1. The maximum absolute atomic E-state index is 10.2. The Morgan fingerprint density at radius 2 is 2.18 bits per heavy atom. The van der Waals surface area contributed by atoms with Crippen molar-refractivity contribution in [3.8, 4) is 0 Å². The molecule has 2 aliphatic rings. The van der Waals surface area contributed by atoms with Gasteiger partial charge in [0.2, 0.25) is 0 Å². The van der Waals surface area contributed by atoms with Gasteiger partial charge in [-0.3, -0.25) is 0 Å². The summed E-state index contributed by atoms with van der Waals surface area (Å²) in [5.41, 5.74) is -0.257. The first-order chi connectivity index (χ1) is 5.31. The van der Waals surface area contributed by atoms with E-state index in [0.717, 1.165) is 25.9 Å². The molecule has 0 aromatic rings. The highest BCUT2D eigenvalue weighted by Crippen LogP contribution is 2.36. The van der Waals surface area contributed by atoms with Crippen LogP contribution in [-0.4, -0.2) is 23.8 Å². The van der Waals surface area contributed by atoms with Crippen molar-refractivity contribution >= 4 is 0 Å². The summed E-state index contributed by atoms with van der Waals surface area (Å²) in [5.74, 6) is 0.602. The van der Waals surface area contributed by atoms with Crippen LogP contribution >= 0.6 is 0 Å². The first kappa shape index (κ1) is 7.56. The molecule has 11 heavy (non-hydrogen) atoms. The fourth-order valence-electron chi connectivity index (χ4n) is 2.63. The van der Waals surface area contributed by atoms with Gasteiger partial charge in [0.25, 0.3) is 0 Å². The smallest absolute Gasteiger partial charge is 0.0811 e. The molecule has 0 amide bonds. The number of hydrogen-bond acceptors (Lipinski definition) is 1. The number of rotatable bonds is 0. The predicted molar refractivity (Wildman–Crippen MR) is 43.2 cm³/mol. The monoisotopic (exact) mass is 156 g/mol. The summed E-state index contributed by atoms with van der Waals surface area (Å²) in [4.78, 5) is 0. The normalized spacial score (nSPS) is 45.0. The van der Waals surface area contributed by atoms with Crippen LogP contribution in [0.2, 0.25) is 0 Å². The molecule has 2 atom stereocenters. The van der Waals surface area contributed by atoms with E-state index in [-0.39, 0.29) is 5.60 Å². The quantitative estimate of drug-likeness (QED) is 0.504. The van der Waals surface area contributed by atoms with Gasteiger partial charge in [0, 0.05) is 12.3 Å². The molecule has 0 unspecified atom stereocenters. The molecule has 2 rings (SSSR count). The summed E-state index contributed by atoms with van der Waals surface area (Å²) >= 11 is 0. The van der Waals surface area contributed by atoms with Gasteiger partial charge < -0.3 is 10.4 Å². The lowest BCUT2D eigenvalue weighted by atomic mass is 9.72. The third-order valence-corrected chi connectivity index (χ3v) is 3.40. The van der Waals surface area contributed by atoms with Gasteiger partial charge in [0.15, 0.2) is 0 Å². The summed E-state index contributed by atoms with van der Waals surface area (Å²) in [6.45, 7) is 2.30. The zero-order valence-electron chi connectivity index (χ0n) is 7.05. The number of hydrogen-bond donors (Lipinski definition) is 2. The molecular weight excluding hydrogens is 138 g/mol. The topological polar surface area (TPSA) is 36.8 Å². The molecule has 1 saturated heterocycles. The minimum Gasteiger partial charge on any atom is -0.389 e. The highest BCUT2D eigenvalue weighted by molar-refractivity contribution is 4.90. The highest BCUT2D eigenvalue weighted by atomic mass is 16.3. The fraction of sp³-hybridized carbons (Fsp3) is 1.00. The second-order valence-corrected chi connectivity index (χ2v) is 4.11. The Kier molecular flexibility index (Phi) is 1.90. The second kappa shape index (κ2) is 2.76. The number of fused-ring (bicyclic) bond motifs is 1. The minimum absolute atomic E-state index is 0.257. The lowest BCUT2D eigenvalue weighted by Crippen LogP contribution is -2.90. The van der Waals surface area contributed by atoms with Crippen molar-refractivity contribution in [2.24, 2.45) is 5.92 Å². The van der Waals surface area contributed by atoms with E-state index in [1.165, 1.54) is 19.3 Å². The van der Waals surface area contributed by atoms with E-state index in [1.54, 1.807) is 0 Å². The Bertz CT molecular complexity index is 134. The van der Waals surface area contributed by atoms with Crippen LogP contribution in [-0.2, 0) is 0 Å². The van der Waals surface area contributed by atoms with Crippen molar-refractivity contribution in [1.29, 1.82) is 0 Å².